The highest BCUT2D eigenvalue weighted by molar-refractivity contribution is 6.04. The van der Waals surface area contributed by atoms with Crippen LogP contribution in [0.4, 0.5) is 0 Å². The SMILES string of the molecule is Cc1cc(-c2ccccc2)cc(-c2ccccc2)c1.Cc1ccc(-c2cc(-c3cccc4ccccc34)cc(-c3cccc4ccccc34)c2)cc1.Cc1ccc(-c2cc(-c3ccccc3)cc(-c3ccccc3)c2)cc1.Cc1cccc(-c2cc(-c3cccc4ccccc34)cc(-c3cccc4ccccc34)c2)c1.Cc1cccc(-c2cc(-c3ccccc3)cc(-c3ccccc3)c2)c1. The molecule has 135 heavy (non-hydrogen) atoms. The minimum absolute atomic E-state index is 1.24. The molecule has 0 heterocycles. The lowest BCUT2D eigenvalue weighted by atomic mass is 9.89. The highest BCUT2D eigenvalue weighted by Gasteiger charge is 2.17. The third-order valence-electron chi connectivity index (χ3n) is 25.3. The van der Waals surface area contributed by atoms with Crippen LogP contribution < -0.4 is 0 Å². The van der Waals surface area contributed by atoms with Gasteiger partial charge in [-0.15, -0.1) is 0 Å². The maximum absolute atomic E-state index is 2.35. The average molecular weight is 1730 g/mol. The van der Waals surface area contributed by atoms with Gasteiger partial charge in [0.25, 0.3) is 0 Å². The van der Waals surface area contributed by atoms with E-state index in [4.69, 9.17) is 0 Å². The van der Waals surface area contributed by atoms with E-state index in [1.807, 2.05) is 0 Å². The van der Waals surface area contributed by atoms with Crippen LogP contribution in [0.2, 0.25) is 0 Å². The first kappa shape index (κ1) is 87.4. The van der Waals surface area contributed by atoms with Gasteiger partial charge in [-0.3, -0.25) is 0 Å². The largest absolute Gasteiger partial charge is 0.0622 e. The molecule has 644 valence electrons. The van der Waals surface area contributed by atoms with Gasteiger partial charge in [0.05, 0.1) is 0 Å². The number of rotatable bonds is 14. The number of benzene rings is 23. The Labute approximate surface area is 795 Å². The summed E-state index contributed by atoms with van der Waals surface area (Å²) < 4.78 is 0. The molecule has 0 saturated carbocycles. The van der Waals surface area contributed by atoms with Crippen molar-refractivity contribution in [3.63, 3.8) is 0 Å². The minimum atomic E-state index is 1.24. The van der Waals surface area contributed by atoms with Gasteiger partial charge in [0.1, 0.15) is 0 Å². The first-order chi connectivity index (χ1) is 66.4. The lowest BCUT2D eigenvalue weighted by Crippen LogP contribution is -1.88. The molecule has 0 aromatic heterocycles. The van der Waals surface area contributed by atoms with Gasteiger partial charge in [0.15, 0.2) is 0 Å². The molecular weight excluding hydrogens is 1620 g/mol. The van der Waals surface area contributed by atoms with Crippen LogP contribution in [0.5, 0.6) is 0 Å². The molecule has 23 aromatic rings. The van der Waals surface area contributed by atoms with Gasteiger partial charge in [-0.05, 0) is 318 Å². The van der Waals surface area contributed by atoms with Crippen molar-refractivity contribution >= 4 is 43.1 Å². The molecular formula is C135H104. The van der Waals surface area contributed by atoms with Gasteiger partial charge in [-0.2, -0.15) is 0 Å². The van der Waals surface area contributed by atoms with E-state index in [0.717, 1.165) is 0 Å². The molecule has 0 saturated heterocycles. The number of aryl methyl sites for hydroxylation is 5. The van der Waals surface area contributed by atoms with Crippen molar-refractivity contribution in [2.45, 2.75) is 34.6 Å². The third kappa shape index (κ3) is 21.1. The molecule has 0 aliphatic carbocycles. The zero-order valence-electron chi connectivity index (χ0n) is 76.9. The van der Waals surface area contributed by atoms with Crippen molar-refractivity contribution in [1.29, 1.82) is 0 Å². The standard InChI is InChI=1S/2C33H24.2C25H20.C19H16/c1-23-9-6-14-26(19-23)27-20-28(32-17-7-12-24-10-2-4-15-30(24)32)22-29(21-27)33-18-8-13-25-11-3-5-16-31(25)33;1-23-16-18-24(19-17-23)27-20-28(32-14-6-10-25-8-2-4-12-30(25)32)22-29(21-27)33-15-7-11-26-9-3-5-13-31(26)33;1-19-9-8-14-22(15-19)25-17-23(20-10-4-2-5-11-20)16-24(18-25)21-12-6-3-7-13-21;1-19-12-14-22(15-13-19)25-17-23(20-8-4-2-5-9-20)16-24(18-25)21-10-6-3-7-11-21;1-15-12-18(16-8-4-2-5-9-16)14-19(13-15)17-10-6-3-7-11-17/h2*2-22H,1H3;2*2-18H,1H3;2-14H,1H3. The summed E-state index contributed by atoms with van der Waals surface area (Å²) in [6.45, 7) is 10.7. The predicted molar refractivity (Wildman–Crippen MR) is 582 cm³/mol. The van der Waals surface area contributed by atoms with Gasteiger partial charge in [0, 0.05) is 0 Å². The van der Waals surface area contributed by atoms with Crippen LogP contribution in [0, 0.1) is 34.6 Å². The third-order valence-corrected chi connectivity index (χ3v) is 25.3. The molecule has 0 radical (unpaired) electrons. The molecule has 0 bridgehead atoms. The van der Waals surface area contributed by atoms with Crippen molar-refractivity contribution in [3.8, 4) is 156 Å². The van der Waals surface area contributed by atoms with Crippen LogP contribution in [-0.2, 0) is 0 Å². The molecule has 0 N–H and O–H groups in total. The molecule has 0 fully saturated rings. The Bertz CT molecular complexity index is 7620. The molecule has 23 rings (SSSR count). The van der Waals surface area contributed by atoms with E-state index in [-0.39, 0.29) is 0 Å². The van der Waals surface area contributed by atoms with E-state index in [1.54, 1.807) is 0 Å². The molecule has 0 aliphatic heterocycles. The fourth-order valence-corrected chi connectivity index (χ4v) is 18.4. The quantitative estimate of drug-likeness (QED) is 0.102. The summed E-state index contributed by atoms with van der Waals surface area (Å²) in [7, 11) is 0. The summed E-state index contributed by atoms with van der Waals surface area (Å²) in [6.07, 6.45) is 0. The van der Waals surface area contributed by atoms with Gasteiger partial charge in [-0.1, -0.05) is 483 Å². The van der Waals surface area contributed by atoms with Gasteiger partial charge in [-0.25, -0.2) is 0 Å². The van der Waals surface area contributed by atoms with E-state index in [0.29, 0.717) is 0 Å². The van der Waals surface area contributed by atoms with Crippen LogP contribution in [0.3, 0.4) is 0 Å². The first-order valence-corrected chi connectivity index (χ1v) is 46.7. The topological polar surface area (TPSA) is 0 Å². The Morgan fingerprint density at radius 1 is 0.0889 bits per heavy atom. The molecule has 23 aromatic carbocycles. The van der Waals surface area contributed by atoms with Crippen LogP contribution in [-0.4, -0.2) is 0 Å². The molecule has 0 nitrogen and oxygen atoms in total. The maximum atomic E-state index is 2.35. The average Bonchev–Trinajstić information content (AvgIpc) is 0.785. The fraction of sp³-hybridized carbons (Fsp3) is 0.0370. The summed E-state index contributed by atoms with van der Waals surface area (Å²) in [5.74, 6) is 0. The smallest absolute Gasteiger partial charge is 0.0105 e. The van der Waals surface area contributed by atoms with E-state index < -0.39 is 0 Å². The lowest BCUT2D eigenvalue weighted by Gasteiger charge is -2.14. The van der Waals surface area contributed by atoms with Crippen molar-refractivity contribution in [2.24, 2.45) is 0 Å². The first-order valence-electron chi connectivity index (χ1n) is 46.7. The monoisotopic (exact) mass is 1720 g/mol. The van der Waals surface area contributed by atoms with Crippen molar-refractivity contribution < 1.29 is 0 Å². The Morgan fingerprint density at radius 3 is 0.489 bits per heavy atom. The second-order valence-electron chi connectivity index (χ2n) is 35.1. The number of hydrogen-bond donors (Lipinski definition) is 0. The number of fused-ring (bicyclic) bond motifs is 4. The van der Waals surface area contributed by atoms with Gasteiger partial charge >= 0.3 is 0 Å². The van der Waals surface area contributed by atoms with E-state index >= 15 is 0 Å². The van der Waals surface area contributed by atoms with Crippen LogP contribution in [0.25, 0.3) is 199 Å². The van der Waals surface area contributed by atoms with Gasteiger partial charge < -0.3 is 0 Å². The second-order valence-corrected chi connectivity index (χ2v) is 35.1. The van der Waals surface area contributed by atoms with Crippen LogP contribution >= 0.6 is 0 Å². The molecule has 0 unspecified atom stereocenters. The van der Waals surface area contributed by atoms with E-state index in [2.05, 4.69) is 575 Å². The summed E-state index contributed by atoms with van der Waals surface area (Å²) in [5.41, 5.74) is 41.5. The molecule has 0 spiro atoms. The Kier molecular flexibility index (Phi) is 26.9. The van der Waals surface area contributed by atoms with Crippen molar-refractivity contribution in [2.75, 3.05) is 0 Å². The molecule has 0 aliphatic rings. The normalized spacial score (nSPS) is 10.9. The Balaban J connectivity index is 0.000000110. The fourth-order valence-electron chi connectivity index (χ4n) is 18.4. The highest BCUT2D eigenvalue weighted by atomic mass is 14.2. The lowest BCUT2D eigenvalue weighted by molar-refractivity contribution is 1.46. The Hall–Kier alpha value is -16.9. The maximum Gasteiger partial charge on any atom is -0.0105 e. The second kappa shape index (κ2) is 41.5. The van der Waals surface area contributed by atoms with E-state index in [9.17, 15) is 0 Å². The Morgan fingerprint density at radius 2 is 0.252 bits per heavy atom. The molecule has 0 amide bonds. The summed E-state index contributed by atoms with van der Waals surface area (Å²) in [4.78, 5) is 0. The number of hydrogen-bond acceptors (Lipinski definition) is 0. The molecule has 0 heteroatoms. The van der Waals surface area contributed by atoms with E-state index in [1.165, 1.54) is 227 Å². The minimum Gasteiger partial charge on any atom is -0.0622 e. The zero-order valence-corrected chi connectivity index (χ0v) is 76.9. The summed E-state index contributed by atoms with van der Waals surface area (Å²) in [6, 6.07) is 194. The van der Waals surface area contributed by atoms with Crippen LogP contribution in [0.15, 0.2) is 540 Å². The molecule has 0 atom stereocenters. The van der Waals surface area contributed by atoms with Crippen molar-refractivity contribution in [1.82, 2.24) is 0 Å². The van der Waals surface area contributed by atoms with Crippen molar-refractivity contribution in [3.05, 3.63) is 568 Å². The summed E-state index contributed by atoms with van der Waals surface area (Å²) >= 11 is 0. The van der Waals surface area contributed by atoms with Gasteiger partial charge in [0.2, 0.25) is 0 Å². The van der Waals surface area contributed by atoms with Crippen LogP contribution in [0.1, 0.15) is 27.8 Å². The zero-order chi connectivity index (χ0) is 91.6. The summed E-state index contributed by atoms with van der Waals surface area (Å²) in [5, 5.41) is 10.2. The predicted octanol–water partition coefficient (Wildman–Crippen LogP) is 37.9. The highest BCUT2D eigenvalue weighted by Crippen LogP contribution is 2.43.